The Morgan fingerprint density at radius 3 is 2.51 bits per heavy atom. The quantitative estimate of drug-likeness (QED) is 0.516. The van der Waals surface area contributed by atoms with E-state index in [1.807, 2.05) is 33.0 Å². The topological polar surface area (TPSA) is 70.7 Å². The van der Waals surface area contributed by atoms with Crippen LogP contribution < -0.4 is 4.74 Å². The zero-order chi connectivity index (χ0) is 25.5. The van der Waals surface area contributed by atoms with Gasteiger partial charge in [0.05, 0.1) is 19.1 Å². The first-order valence-corrected chi connectivity index (χ1v) is 13.7. The van der Waals surface area contributed by atoms with Crippen molar-refractivity contribution in [2.24, 2.45) is 5.92 Å². The molecule has 5 aliphatic rings. The molecule has 4 heterocycles. The molecule has 2 aromatic heterocycles. The van der Waals surface area contributed by atoms with E-state index in [1.54, 1.807) is 4.90 Å². The van der Waals surface area contributed by atoms with Crippen molar-refractivity contribution in [3.8, 4) is 5.88 Å². The fourth-order valence-corrected chi connectivity index (χ4v) is 7.06. The van der Waals surface area contributed by atoms with E-state index in [0.29, 0.717) is 30.6 Å². The molecule has 8 rings (SSSR count). The molecule has 1 aromatic carbocycles. The lowest BCUT2D eigenvalue weighted by atomic mass is 9.48. The highest BCUT2D eigenvalue weighted by atomic mass is 16.6. The summed E-state index contributed by atoms with van der Waals surface area (Å²) in [7, 11) is 0. The number of hydrogen-bond donors (Lipinski definition) is 1. The third-order valence-corrected chi connectivity index (χ3v) is 8.79. The van der Waals surface area contributed by atoms with Crippen LogP contribution in [0.15, 0.2) is 42.6 Å². The van der Waals surface area contributed by atoms with Gasteiger partial charge in [-0.15, -0.1) is 0 Å². The van der Waals surface area contributed by atoms with E-state index in [-0.39, 0.29) is 18.2 Å². The van der Waals surface area contributed by atoms with Gasteiger partial charge in [0.25, 0.3) is 0 Å². The number of rotatable bonds is 4. The minimum absolute atomic E-state index is 0.0573. The minimum Gasteiger partial charge on any atom is -0.471 e. The van der Waals surface area contributed by atoms with Crippen LogP contribution in [0.5, 0.6) is 5.88 Å². The van der Waals surface area contributed by atoms with Gasteiger partial charge in [-0.05, 0) is 76.5 Å². The molecule has 2 aliphatic heterocycles. The normalized spacial score (nSPS) is 29.2. The molecule has 1 N–H and O–H groups in total. The summed E-state index contributed by atoms with van der Waals surface area (Å²) in [5.74, 6) is 1.53. The van der Waals surface area contributed by atoms with E-state index in [1.165, 1.54) is 47.0 Å². The Balaban J connectivity index is 1.13. The molecule has 3 aromatic rings. The van der Waals surface area contributed by atoms with Gasteiger partial charge in [-0.2, -0.15) is 0 Å². The molecule has 1 saturated heterocycles. The first-order valence-electron chi connectivity index (χ1n) is 13.7. The Kier molecular flexibility index (Phi) is 4.97. The standard InChI is InChI=1S/C30H36N4O3/c1-18-11-23-22-7-5-6-8-24(22)32-26(23)27(34(18)30-12-19(13-30)14-30)20-9-10-25(31-15-20)36-21-16-33(17-21)28(35)37-29(2,3)4/h5-10,15,18-19,21,27,32H,11-14,16-17H2,1-4H3/t18-,19?,27-,30?/m1/s1. The first-order chi connectivity index (χ1) is 17.7. The largest absolute Gasteiger partial charge is 0.471 e. The summed E-state index contributed by atoms with van der Waals surface area (Å²) in [4.78, 5) is 25.2. The van der Waals surface area contributed by atoms with E-state index in [4.69, 9.17) is 14.5 Å². The van der Waals surface area contributed by atoms with Crippen LogP contribution in [0, 0.1) is 5.92 Å². The average molecular weight is 501 g/mol. The van der Waals surface area contributed by atoms with Crippen molar-refractivity contribution in [3.05, 3.63) is 59.4 Å². The summed E-state index contributed by atoms with van der Waals surface area (Å²) in [6.45, 7) is 9.08. The SMILES string of the molecule is C[C@@H]1Cc2c([nH]c3ccccc23)[C@@H](c2ccc(OC3CN(C(=O)OC(C)(C)C)C3)nc2)N1C12CC(C1)C2. The molecule has 7 nitrogen and oxygen atoms in total. The molecule has 3 saturated carbocycles. The Morgan fingerprint density at radius 1 is 1.11 bits per heavy atom. The van der Waals surface area contributed by atoms with E-state index in [2.05, 4.69) is 47.1 Å². The smallest absolute Gasteiger partial charge is 0.410 e. The van der Waals surface area contributed by atoms with Crippen molar-refractivity contribution in [3.63, 3.8) is 0 Å². The Hall–Kier alpha value is -3.06. The lowest BCUT2D eigenvalue weighted by Crippen LogP contribution is -2.71. The average Bonchev–Trinajstić information content (AvgIpc) is 3.11. The molecular formula is C30H36N4O3. The Bertz CT molecular complexity index is 1330. The second-order valence-corrected chi connectivity index (χ2v) is 12.7. The predicted octanol–water partition coefficient (Wildman–Crippen LogP) is 5.45. The molecule has 2 bridgehead atoms. The summed E-state index contributed by atoms with van der Waals surface area (Å²) in [6.07, 6.45) is 6.71. The van der Waals surface area contributed by atoms with E-state index >= 15 is 0 Å². The van der Waals surface area contributed by atoms with Crippen molar-refractivity contribution in [1.29, 1.82) is 0 Å². The summed E-state index contributed by atoms with van der Waals surface area (Å²) >= 11 is 0. The van der Waals surface area contributed by atoms with Crippen LogP contribution >= 0.6 is 0 Å². The van der Waals surface area contributed by atoms with Gasteiger partial charge in [-0.25, -0.2) is 9.78 Å². The van der Waals surface area contributed by atoms with Gasteiger partial charge in [-0.3, -0.25) is 4.90 Å². The highest BCUT2D eigenvalue weighted by Crippen LogP contribution is 2.64. The van der Waals surface area contributed by atoms with Crippen LogP contribution in [0.2, 0.25) is 0 Å². The number of aromatic nitrogens is 2. The molecule has 4 fully saturated rings. The Morgan fingerprint density at radius 2 is 1.86 bits per heavy atom. The maximum atomic E-state index is 12.2. The number of nitrogens with zero attached hydrogens (tertiary/aromatic N) is 3. The van der Waals surface area contributed by atoms with Crippen molar-refractivity contribution in [2.45, 2.75) is 82.7 Å². The maximum Gasteiger partial charge on any atom is 0.410 e. The molecule has 2 atom stereocenters. The number of para-hydroxylation sites is 1. The van der Waals surface area contributed by atoms with E-state index < -0.39 is 5.60 Å². The highest BCUT2D eigenvalue weighted by Gasteiger charge is 2.63. The highest BCUT2D eigenvalue weighted by molar-refractivity contribution is 5.85. The number of likely N-dealkylation sites (tertiary alicyclic amines) is 1. The molecule has 7 heteroatoms. The number of aromatic amines is 1. The van der Waals surface area contributed by atoms with Crippen LogP contribution in [-0.2, 0) is 11.2 Å². The number of nitrogens with one attached hydrogen (secondary N) is 1. The summed E-state index contributed by atoms with van der Waals surface area (Å²) in [5, 5.41) is 1.35. The van der Waals surface area contributed by atoms with Crippen molar-refractivity contribution in [1.82, 2.24) is 19.8 Å². The molecule has 0 unspecified atom stereocenters. The number of fused-ring (bicyclic) bond motifs is 3. The fraction of sp³-hybridized carbons (Fsp3) is 0.533. The van der Waals surface area contributed by atoms with Gasteiger partial charge in [0.1, 0.15) is 11.7 Å². The summed E-state index contributed by atoms with van der Waals surface area (Å²) < 4.78 is 11.5. The molecule has 0 radical (unpaired) electrons. The minimum atomic E-state index is -0.491. The molecule has 1 amide bonds. The third kappa shape index (κ3) is 3.73. The summed E-state index contributed by atoms with van der Waals surface area (Å²) in [5.41, 5.74) is 5.06. The summed E-state index contributed by atoms with van der Waals surface area (Å²) in [6, 6.07) is 13.5. The van der Waals surface area contributed by atoms with Gasteiger partial charge >= 0.3 is 6.09 Å². The number of carbonyl (C=O) groups is 1. The number of pyridine rings is 1. The second kappa shape index (κ2) is 7.97. The predicted molar refractivity (Wildman–Crippen MR) is 142 cm³/mol. The van der Waals surface area contributed by atoms with Crippen LogP contribution in [0.25, 0.3) is 10.9 Å². The van der Waals surface area contributed by atoms with Crippen molar-refractivity contribution < 1.29 is 14.3 Å². The molecule has 37 heavy (non-hydrogen) atoms. The lowest BCUT2D eigenvalue weighted by molar-refractivity contribution is -0.174. The molecule has 3 aliphatic carbocycles. The van der Waals surface area contributed by atoms with Crippen LogP contribution in [-0.4, -0.2) is 62.2 Å². The number of ether oxygens (including phenoxy) is 2. The van der Waals surface area contributed by atoms with Crippen molar-refractivity contribution in [2.75, 3.05) is 13.1 Å². The number of amides is 1. The zero-order valence-corrected chi connectivity index (χ0v) is 22.2. The number of H-pyrrole nitrogens is 1. The van der Waals surface area contributed by atoms with Gasteiger partial charge in [-0.1, -0.05) is 24.3 Å². The molecule has 0 spiro atoms. The van der Waals surface area contributed by atoms with Crippen LogP contribution in [0.3, 0.4) is 0 Å². The monoisotopic (exact) mass is 500 g/mol. The third-order valence-electron chi connectivity index (χ3n) is 8.79. The van der Waals surface area contributed by atoms with Crippen LogP contribution in [0.1, 0.15) is 69.8 Å². The van der Waals surface area contributed by atoms with Gasteiger partial charge in [0.2, 0.25) is 5.88 Å². The zero-order valence-electron chi connectivity index (χ0n) is 22.2. The first kappa shape index (κ1) is 23.1. The van der Waals surface area contributed by atoms with Gasteiger partial charge in [0.15, 0.2) is 0 Å². The second-order valence-electron chi connectivity index (χ2n) is 12.7. The Labute approximate surface area is 218 Å². The number of carbonyl (C=O) groups excluding carboxylic acids is 1. The van der Waals surface area contributed by atoms with E-state index in [9.17, 15) is 4.79 Å². The van der Waals surface area contributed by atoms with Crippen LogP contribution in [0.4, 0.5) is 4.79 Å². The van der Waals surface area contributed by atoms with Gasteiger partial charge < -0.3 is 19.4 Å². The number of benzene rings is 1. The van der Waals surface area contributed by atoms with Crippen molar-refractivity contribution >= 4 is 17.0 Å². The molecular weight excluding hydrogens is 464 g/mol. The van der Waals surface area contributed by atoms with E-state index in [0.717, 1.165) is 12.3 Å². The number of hydrogen-bond acceptors (Lipinski definition) is 5. The fourth-order valence-electron chi connectivity index (χ4n) is 7.06. The molecule has 194 valence electrons. The maximum absolute atomic E-state index is 12.2. The lowest BCUT2D eigenvalue weighted by Gasteiger charge is -2.70. The van der Waals surface area contributed by atoms with Gasteiger partial charge in [0, 0.05) is 40.4 Å².